The number of H-pyrrole nitrogens is 1. The molecular weight excluding hydrogens is 216 g/mol. The molecular formula is C12H18N4O. The van der Waals surface area contributed by atoms with Gasteiger partial charge in [0, 0.05) is 6.42 Å². The van der Waals surface area contributed by atoms with Gasteiger partial charge in [-0.1, -0.05) is 11.6 Å². The Labute approximate surface area is 101 Å². The molecule has 17 heavy (non-hydrogen) atoms. The maximum absolute atomic E-state index is 11.8. The standard InChI is InChI=1S/C12H18N4O/c1-9(12-13-8-14-16-12)15-11(17)7-10-5-3-2-4-6-10/h5,8-9H,2-4,6-7H2,1H3,(H,15,17)(H,13,14,16). The van der Waals surface area contributed by atoms with E-state index in [9.17, 15) is 4.79 Å². The Kier molecular flexibility index (Phi) is 3.90. The average molecular weight is 234 g/mol. The number of aromatic amines is 1. The Balaban J connectivity index is 1.83. The number of hydrogen-bond acceptors (Lipinski definition) is 3. The van der Waals surface area contributed by atoms with Crippen molar-refractivity contribution in [3.63, 3.8) is 0 Å². The van der Waals surface area contributed by atoms with Crippen molar-refractivity contribution >= 4 is 5.91 Å². The highest BCUT2D eigenvalue weighted by Gasteiger charge is 2.14. The van der Waals surface area contributed by atoms with Crippen molar-refractivity contribution < 1.29 is 4.79 Å². The van der Waals surface area contributed by atoms with Gasteiger partial charge in [-0.25, -0.2) is 4.98 Å². The van der Waals surface area contributed by atoms with Gasteiger partial charge >= 0.3 is 0 Å². The van der Waals surface area contributed by atoms with E-state index in [1.807, 2.05) is 6.92 Å². The van der Waals surface area contributed by atoms with Crippen molar-refractivity contribution in [1.82, 2.24) is 20.5 Å². The Morgan fingerprint density at radius 2 is 2.47 bits per heavy atom. The molecule has 0 aromatic carbocycles. The third kappa shape index (κ3) is 3.41. The van der Waals surface area contributed by atoms with Crippen LogP contribution in [0.4, 0.5) is 0 Å². The number of nitrogens with zero attached hydrogens (tertiary/aromatic N) is 2. The highest BCUT2D eigenvalue weighted by molar-refractivity contribution is 5.78. The highest BCUT2D eigenvalue weighted by atomic mass is 16.1. The Bertz CT molecular complexity index is 397. The van der Waals surface area contributed by atoms with Gasteiger partial charge < -0.3 is 5.32 Å². The summed E-state index contributed by atoms with van der Waals surface area (Å²) in [5.41, 5.74) is 1.26. The fourth-order valence-corrected chi connectivity index (χ4v) is 2.06. The lowest BCUT2D eigenvalue weighted by Gasteiger charge is -2.14. The monoisotopic (exact) mass is 234 g/mol. The van der Waals surface area contributed by atoms with Crippen LogP contribution in [0.3, 0.4) is 0 Å². The number of allylic oxidation sites excluding steroid dienone is 1. The van der Waals surface area contributed by atoms with Crippen LogP contribution in [0.5, 0.6) is 0 Å². The molecule has 1 aromatic heterocycles. The summed E-state index contributed by atoms with van der Waals surface area (Å²) in [5, 5.41) is 9.44. The zero-order valence-electron chi connectivity index (χ0n) is 10.1. The predicted molar refractivity (Wildman–Crippen MR) is 64.1 cm³/mol. The van der Waals surface area contributed by atoms with Gasteiger partial charge in [0.1, 0.15) is 12.2 Å². The van der Waals surface area contributed by atoms with Crippen LogP contribution in [-0.4, -0.2) is 21.1 Å². The lowest BCUT2D eigenvalue weighted by molar-refractivity contribution is -0.121. The molecule has 5 nitrogen and oxygen atoms in total. The van der Waals surface area contributed by atoms with Gasteiger partial charge in [-0.2, -0.15) is 5.10 Å². The fourth-order valence-electron chi connectivity index (χ4n) is 2.06. The third-order valence-electron chi connectivity index (χ3n) is 2.99. The summed E-state index contributed by atoms with van der Waals surface area (Å²) in [6.07, 6.45) is 8.78. The summed E-state index contributed by atoms with van der Waals surface area (Å²) in [7, 11) is 0. The zero-order valence-corrected chi connectivity index (χ0v) is 10.1. The van der Waals surface area contributed by atoms with Crippen LogP contribution in [0, 0.1) is 0 Å². The van der Waals surface area contributed by atoms with E-state index in [-0.39, 0.29) is 11.9 Å². The van der Waals surface area contributed by atoms with Crippen LogP contribution in [0.25, 0.3) is 0 Å². The Hall–Kier alpha value is -1.65. The van der Waals surface area contributed by atoms with E-state index >= 15 is 0 Å². The van der Waals surface area contributed by atoms with E-state index in [0.29, 0.717) is 12.2 Å². The van der Waals surface area contributed by atoms with Crippen LogP contribution in [0.1, 0.15) is 50.9 Å². The molecule has 0 aliphatic heterocycles. The molecule has 0 spiro atoms. The lowest BCUT2D eigenvalue weighted by atomic mass is 9.97. The summed E-state index contributed by atoms with van der Waals surface area (Å²) >= 11 is 0. The molecule has 1 unspecified atom stereocenters. The summed E-state index contributed by atoms with van der Waals surface area (Å²) in [4.78, 5) is 15.8. The number of nitrogens with one attached hydrogen (secondary N) is 2. The number of rotatable bonds is 4. The molecule has 0 saturated heterocycles. The second-order valence-electron chi connectivity index (χ2n) is 4.44. The van der Waals surface area contributed by atoms with E-state index in [1.54, 1.807) is 0 Å². The molecule has 1 atom stereocenters. The van der Waals surface area contributed by atoms with Gasteiger partial charge in [-0.15, -0.1) is 0 Å². The first kappa shape index (κ1) is 11.8. The number of hydrogen-bond donors (Lipinski definition) is 2. The van der Waals surface area contributed by atoms with Crippen molar-refractivity contribution in [3.8, 4) is 0 Å². The molecule has 1 heterocycles. The topological polar surface area (TPSA) is 70.7 Å². The number of amides is 1. The minimum Gasteiger partial charge on any atom is -0.346 e. The lowest BCUT2D eigenvalue weighted by Crippen LogP contribution is -2.27. The van der Waals surface area contributed by atoms with Crippen LogP contribution in [-0.2, 0) is 4.79 Å². The Morgan fingerprint density at radius 1 is 1.59 bits per heavy atom. The first-order chi connectivity index (χ1) is 8.25. The van der Waals surface area contributed by atoms with Crippen molar-refractivity contribution in [2.24, 2.45) is 0 Å². The molecule has 1 aliphatic carbocycles. The maximum Gasteiger partial charge on any atom is 0.224 e. The minimum atomic E-state index is -0.116. The van der Waals surface area contributed by atoms with Crippen molar-refractivity contribution in [3.05, 3.63) is 23.8 Å². The maximum atomic E-state index is 11.8. The van der Waals surface area contributed by atoms with E-state index in [2.05, 4.69) is 26.6 Å². The molecule has 0 fully saturated rings. The smallest absolute Gasteiger partial charge is 0.224 e. The third-order valence-corrected chi connectivity index (χ3v) is 2.99. The van der Waals surface area contributed by atoms with Gasteiger partial charge in [0.2, 0.25) is 5.91 Å². The summed E-state index contributed by atoms with van der Waals surface area (Å²) in [6, 6.07) is -0.116. The van der Waals surface area contributed by atoms with E-state index in [1.165, 1.54) is 24.7 Å². The van der Waals surface area contributed by atoms with E-state index < -0.39 is 0 Å². The molecule has 2 N–H and O–H groups in total. The molecule has 1 aliphatic rings. The highest BCUT2D eigenvalue weighted by Crippen LogP contribution is 2.20. The second-order valence-corrected chi connectivity index (χ2v) is 4.44. The molecule has 0 radical (unpaired) electrons. The van der Waals surface area contributed by atoms with Crippen LogP contribution >= 0.6 is 0 Å². The SMILES string of the molecule is CC(NC(=O)CC1=CCCCC1)c1ncn[nH]1. The molecule has 0 bridgehead atoms. The van der Waals surface area contributed by atoms with Crippen LogP contribution < -0.4 is 5.32 Å². The molecule has 0 saturated carbocycles. The van der Waals surface area contributed by atoms with Crippen molar-refractivity contribution in [2.45, 2.75) is 45.1 Å². The molecule has 1 aromatic rings. The molecule has 2 rings (SSSR count). The number of carbonyl (C=O) groups excluding carboxylic acids is 1. The molecule has 92 valence electrons. The quantitative estimate of drug-likeness (QED) is 0.781. The Morgan fingerprint density at radius 3 is 3.12 bits per heavy atom. The van der Waals surface area contributed by atoms with Gasteiger partial charge in [-0.3, -0.25) is 9.89 Å². The van der Waals surface area contributed by atoms with Gasteiger partial charge in [0.05, 0.1) is 6.04 Å². The largest absolute Gasteiger partial charge is 0.346 e. The van der Waals surface area contributed by atoms with Gasteiger partial charge in [0.25, 0.3) is 0 Å². The summed E-state index contributed by atoms with van der Waals surface area (Å²) in [6.45, 7) is 1.90. The average Bonchev–Trinajstić information content (AvgIpc) is 2.83. The summed E-state index contributed by atoms with van der Waals surface area (Å²) in [5.74, 6) is 0.748. The van der Waals surface area contributed by atoms with Crippen molar-refractivity contribution in [1.29, 1.82) is 0 Å². The van der Waals surface area contributed by atoms with Crippen LogP contribution in [0.15, 0.2) is 18.0 Å². The first-order valence-corrected chi connectivity index (χ1v) is 6.08. The normalized spacial score (nSPS) is 17.4. The number of carbonyl (C=O) groups is 1. The van der Waals surface area contributed by atoms with E-state index in [0.717, 1.165) is 12.8 Å². The van der Waals surface area contributed by atoms with Gasteiger partial charge in [-0.05, 0) is 32.6 Å². The number of aromatic nitrogens is 3. The van der Waals surface area contributed by atoms with Crippen LogP contribution in [0.2, 0.25) is 0 Å². The summed E-state index contributed by atoms with van der Waals surface area (Å²) < 4.78 is 0. The van der Waals surface area contributed by atoms with Gasteiger partial charge in [0.15, 0.2) is 0 Å². The minimum absolute atomic E-state index is 0.0575. The van der Waals surface area contributed by atoms with Crippen molar-refractivity contribution in [2.75, 3.05) is 0 Å². The fraction of sp³-hybridized carbons (Fsp3) is 0.583. The second kappa shape index (κ2) is 5.61. The molecule has 5 heteroatoms. The zero-order chi connectivity index (χ0) is 12.1. The predicted octanol–water partition coefficient (Wildman–Crippen LogP) is 1.87. The first-order valence-electron chi connectivity index (χ1n) is 6.08. The molecule has 1 amide bonds. The van der Waals surface area contributed by atoms with E-state index in [4.69, 9.17) is 0 Å².